The first-order chi connectivity index (χ1) is 26.9. The van der Waals surface area contributed by atoms with E-state index in [9.17, 15) is 29.1 Å². The molecule has 1 atom stereocenters. The number of carbonyl (C=O) groups excluding carboxylic acids is 4. The van der Waals surface area contributed by atoms with Crippen molar-refractivity contribution < 1.29 is 43.3 Å². The third-order valence-corrected chi connectivity index (χ3v) is 10.2. The van der Waals surface area contributed by atoms with Crippen molar-refractivity contribution in [3.05, 3.63) is 81.9 Å². The van der Waals surface area contributed by atoms with Gasteiger partial charge >= 0.3 is 17.9 Å². The topological polar surface area (TPSA) is 189 Å². The summed E-state index contributed by atoms with van der Waals surface area (Å²) >= 11 is 7.69. The molecule has 14 nitrogen and oxygen atoms in total. The summed E-state index contributed by atoms with van der Waals surface area (Å²) in [4.78, 5) is 65.3. The molecule has 1 unspecified atom stereocenters. The molecular formula is C40H46ClN5O9S. The van der Waals surface area contributed by atoms with Gasteiger partial charge < -0.3 is 24.6 Å². The van der Waals surface area contributed by atoms with Crippen LogP contribution in [0.1, 0.15) is 122 Å². The predicted molar refractivity (Wildman–Crippen MR) is 210 cm³/mol. The molecule has 56 heavy (non-hydrogen) atoms. The number of benzene rings is 3. The van der Waals surface area contributed by atoms with Crippen molar-refractivity contribution in [1.82, 2.24) is 20.2 Å². The smallest absolute Gasteiger partial charge is 0.347 e. The minimum atomic E-state index is -1.35. The van der Waals surface area contributed by atoms with E-state index >= 15 is 0 Å². The number of ether oxygens (including phenoxy) is 3. The first-order valence-electron chi connectivity index (χ1n) is 18.5. The molecular weight excluding hydrogens is 762 g/mol. The zero-order valence-electron chi connectivity index (χ0n) is 31.8. The van der Waals surface area contributed by atoms with E-state index in [1.54, 1.807) is 18.2 Å². The molecule has 0 saturated carbocycles. The van der Waals surface area contributed by atoms with Crippen molar-refractivity contribution in [3.63, 3.8) is 0 Å². The maximum atomic E-state index is 14.4. The van der Waals surface area contributed by atoms with E-state index in [0.29, 0.717) is 12.2 Å². The summed E-state index contributed by atoms with van der Waals surface area (Å²) < 4.78 is 17.5. The molecule has 4 rings (SSSR count). The average molecular weight is 808 g/mol. The first-order valence-corrected chi connectivity index (χ1v) is 19.6. The summed E-state index contributed by atoms with van der Waals surface area (Å²) in [5.74, 6) is -3.72. The van der Waals surface area contributed by atoms with Crippen LogP contribution in [-0.2, 0) is 19.1 Å². The van der Waals surface area contributed by atoms with Gasteiger partial charge in [0.2, 0.25) is 11.1 Å². The number of nitrogens with one attached hydrogen (secondary N) is 1. The second-order valence-corrected chi connectivity index (χ2v) is 14.3. The molecule has 2 N–H and O–H groups in total. The number of halogens is 1. The lowest BCUT2D eigenvalue weighted by Crippen LogP contribution is -2.28. The Balaban J connectivity index is 1.63. The van der Waals surface area contributed by atoms with E-state index in [0.717, 1.165) is 31.0 Å². The number of carboxylic acid groups (broad SMARTS) is 1. The van der Waals surface area contributed by atoms with Crippen molar-refractivity contribution in [2.75, 3.05) is 19.0 Å². The van der Waals surface area contributed by atoms with Gasteiger partial charge in [-0.3, -0.25) is 9.59 Å². The Labute approximate surface area is 334 Å². The third-order valence-electron chi connectivity index (χ3n) is 8.66. The Morgan fingerprint density at radius 2 is 1.57 bits per heavy atom. The third kappa shape index (κ3) is 12.1. The predicted octanol–water partition coefficient (Wildman–Crippen LogP) is 8.37. The van der Waals surface area contributed by atoms with Crippen molar-refractivity contribution in [3.8, 4) is 11.4 Å². The SMILES string of the molecule is CCCCCCCCCCCCOC(=O)C(C)OC(=O)c1cc(NC(C)=O)c(Cl)c(Sc2nnnn2-c2cccc(C(=O)O)c2)c1C(=O)c1ccc(OC)cc1. The van der Waals surface area contributed by atoms with Gasteiger partial charge in [0.1, 0.15) is 5.75 Å². The Kier molecular flexibility index (Phi) is 16.8. The molecule has 0 aliphatic rings. The van der Waals surface area contributed by atoms with Crippen molar-refractivity contribution in [2.45, 2.75) is 101 Å². The lowest BCUT2D eigenvalue weighted by molar-refractivity contribution is -0.153. The quantitative estimate of drug-likeness (QED) is 0.0438. The molecule has 1 aromatic heterocycles. The largest absolute Gasteiger partial charge is 0.497 e. The summed E-state index contributed by atoms with van der Waals surface area (Å²) in [6, 6.07) is 13.2. The number of carboxylic acids is 1. The first kappa shape index (κ1) is 43.4. The van der Waals surface area contributed by atoms with Crippen LogP contribution >= 0.6 is 23.4 Å². The van der Waals surface area contributed by atoms with Crippen LogP contribution in [0.3, 0.4) is 0 Å². The second-order valence-electron chi connectivity index (χ2n) is 13.0. The van der Waals surface area contributed by atoms with E-state index in [-0.39, 0.29) is 55.3 Å². The molecule has 3 aromatic carbocycles. The molecule has 0 aliphatic heterocycles. The second kappa shape index (κ2) is 21.7. The molecule has 298 valence electrons. The van der Waals surface area contributed by atoms with Crippen molar-refractivity contribution in [1.29, 1.82) is 0 Å². The molecule has 1 heterocycles. The lowest BCUT2D eigenvalue weighted by atomic mass is 9.97. The molecule has 16 heteroatoms. The van der Waals surface area contributed by atoms with Crippen LogP contribution in [0.15, 0.2) is 64.6 Å². The number of esters is 2. The number of tetrazole rings is 1. The van der Waals surface area contributed by atoms with Crippen LogP contribution < -0.4 is 10.1 Å². The Hall–Kier alpha value is -5.28. The molecule has 0 fully saturated rings. The molecule has 0 bridgehead atoms. The van der Waals surface area contributed by atoms with Crippen LogP contribution in [0.5, 0.6) is 5.75 Å². The van der Waals surface area contributed by atoms with Crippen LogP contribution in [0.2, 0.25) is 5.02 Å². The van der Waals surface area contributed by atoms with Gasteiger partial charge in [0.05, 0.1) is 46.8 Å². The lowest BCUT2D eigenvalue weighted by Gasteiger charge is -2.19. The van der Waals surface area contributed by atoms with Crippen LogP contribution in [0.4, 0.5) is 5.69 Å². The number of amides is 1. The van der Waals surface area contributed by atoms with Gasteiger partial charge in [-0.15, -0.1) is 5.10 Å². The maximum absolute atomic E-state index is 14.4. The highest BCUT2D eigenvalue weighted by Crippen LogP contribution is 2.43. The number of nitrogens with zero attached hydrogens (tertiary/aromatic N) is 4. The zero-order valence-corrected chi connectivity index (χ0v) is 33.4. The molecule has 0 radical (unpaired) electrons. The number of hydrogen-bond acceptors (Lipinski definition) is 12. The number of methoxy groups -OCH3 is 1. The average Bonchev–Trinajstić information content (AvgIpc) is 3.66. The van der Waals surface area contributed by atoms with E-state index in [2.05, 4.69) is 27.8 Å². The van der Waals surface area contributed by atoms with Gasteiger partial charge in [-0.2, -0.15) is 4.68 Å². The summed E-state index contributed by atoms with van der Waals surface area (Å²) in [6.07, 6.45) is 9.83. The number of carbonyl (C=O) groups is 5. The highest BCUT2D eigenvalue weighted by molar-refractivity contribution is 7.99. The minimum Gasteiger partial charge on any atom is -0.497 e. The number of anilines is 1. The summed E-state index contributed by atoms with van der Waals surface area (Å²) in [5, 5.41) is 23.8. The molecule has 4 aromatic rings. The summed E-state index contributed by atoms with van der Waals surface area (Å²) in [7, 11) is 1.47. The Morgan fingerprint density at radius 3 is 2.20 bits per heavy atom. The highest BCUT2D eigenvalue weighted by atomic mass is 35.5. The van der Waals surface area contributed by atoms with Crippen molar-refractivity contribution >= 4 is 58.6 Å². The van der Waals surface area contributed by atoms with Gasteiger partial charge in [-0.05, 0) is 84.1 Å². The molecule has 0 spiro atoms. The fourth-order valence-corrected chi connectivity index (χ4v) is 7.01. The minimum absolute atomic E-state index is 0.0291. The Bertz CT molecular complexity index is 2000. The fraction of sp³-hybridized carbons (Fsp3) is 0.400. The molecule has 1 amide bonds. The summed E-state index contributed by atoms with van der Waals surface area (Å²) in [6.45, 7) is 4.96. The van der Waals surface area contributed by atoms with Gasteiger partial charge in [-0.25, -0.2) is 14.4 Å². The highest BCUT2D eigenvalue weighted by Gasteiger charge is 2.31. The number of unbranched alkanes of at least 4 members (excludes halogenated alkanes) is 9. The molecule has 0 saturated heterocycles. The standard InChI is InChI=1S/C40H46ClN5O9S/c1-5-6-7-8-9-10-11-12-13-14-22-54-38(51)25(2)55-39(52)31-24-32(42-26(3)47)34(41)36(33(31)35(48)27-18-20-30(53-4)21-19-27)56-40-43-44-45-46(40)29-17-15-16-28(23-29)37(49)50/h15-21,23-25H,5-14,22H2,1-4H3,(H,42,47)(H,49,50). The number of aromatic nitrogens is 4. The monoisotopic (exact) mass is 807 g/mol. The van der Waals surface area contributed by atoms with Crippen LogP contribution in [0, 0.1) is 0 Å². The number of rotatable bonds is 22. The number of aromatic carboxylic acids is 1. The molecule has 0 aliphatic carbocycles. The van der Waals surface area contributed by atoms with E-state index in [4.69, 9.17) is 25.8 Å². The summed E-state index contributed by atoms with van der Waals surface area (Å²) in [5.41, 5.74) is -0.201. The normalized spacial score (nSPS) is 11.4. The number of ketones is 1. The number of hydrogen-bond donors (Lipinski definition) is 2. The van der Waals surface area contributed by atoms with Crippen LogP contribution in [0.25, 0.3) is 5.69 Å². The van der Waals surface area contributed by atoms with E-state index in [1.165, 1.54) is 101 Å². The van der Waals surface area contributed by atoms with Gasteiger partial charge in [0.25, 0.3) is 0 Å². The fourth-order valence-electron chi connectivity index (χ4n) is 5.70. The van der Waals surface area contributed by atoms with Crippen molar-refractivity contribution in [2.24, 2.45) is 0 Å². The van der Waals surface area contributed by atoms with Gasteiger partial charge in [0.15, 0.2) is 11.9 Å². The van der Waals surface area contributed by atoms with Gasteiger partial charge in [0, 0.05) is 17.4 Å². The van der Waals surface area contributed by atoms with Crippen LogP contribution in [-0.4, -0.2) is 74.7 Å². The Morgan fingerprint density at radius 1 is 0.911 bits per heavy atom. The zero-order chi connectivity index (χ0) is 40.6. The maximum Gasteiger partial charge on any atom is 0.347 e. The van der Waals surface area contributed by atoms with Gasteiger partial charge in [-0.1, -0.05) is 82.4 Å². The van der Waals surface area contributed by atoms with E-state index < -0.39 is 35.7 Å². The van der Waals surface area contributed by atoms with E-state index in [1.807, 2.05) is 0 Å².